The summed E-state index contributed by atoms with van der Waals surface area (Å²) in [4.78, 5) is 12.5. The Balaban J connectivity index is 1.69. The van der Waals surface area contributed by atoms with Crippen LogP contribution in [0.15, 0.2) is 41.3 Å². The van der Waals surface area contributed by atoms with E-state index in [0.29, 0.717) is 41.0 Å². The van der Waals surface area contributed by atoms with Gasteiger partial charge in [0, 0.05) is 19.8 Å². The number of halogens is 1. The lowest BCUT2D eigenvalue weighted by molar-refractivity contribution is -0.115. The van der Waals surface area contributed by atoms with Crippen LogP contribution in [0.4, 0.5) is 5.69 Å². The minimum Gasteiger partial charge on any atom is -0.486 e. The molecule has 3 rings (SSSR count). The molecule has 0 saturated carbocycles. The van der Waals surface area contributed by atoms with Gasteiger partial charge in [0.2, 0.25) is 15.9 Å². The van der Waals surface area contributed by atoms with Crippen LogP contribution in [0.3, 0.4) is 0 Å². The van der Waals surface area contributed by atoms with Crippen molar-refractivity contribution in [2.45, 2.75) is 11.3 Å². The van der Waals surface area contributed by atoms with Crippen molar-refractivity contribution in [3.8, 4) is 11.5 Å². The molecule has 0 saturated heterocycles. The van der Waals surface area contributed by atoms with Gasteiger partial charge in [-0.25, -0.2) is 12.7 Å². The van der Waals surface area contributed by atoms with Gasteiger partial charge in [0.1, 0.15) is 13.2 Å². The third-order valence-electron chi connectivity index (χ3n) is 3.94. The second-order valence-corrected chi connectivity index (χ2v) is 8.70. The summed E-state index contributed by atoms with van der Waals surface area (Å²) in [5.41, 5.74) is 1.19. The number of carbonyl (C=O) groups excluding carboxylic acids is 1. The number of nitrogens with zero attached hydrogens (tertiary/aromatic N) is 1. The molecule has 0 fully saturated rings. The minimum atomic E-state index is -3.50. The number of fused-ring (bicyclic) bond motifs is 1. The van der Waals surface area contributed by atoms with Crippen LogP contribution in [0.25, 0.3) is 0 Å². The highest BCUT2D eigenvalue weighted by atomic mass is 35.5. The number of rotatable bonds is 5. The fourth-order valence-electron chi connectivity index (χ4n) is 2.58. The molecule has 0 radical (unpaired) electrons. The largest absolute Gasteiger partial charge is 0.486 e. The van der Waals surface area contributed by atoms with Crippen molar-refractivity contribution in [2.24, 2.45) is 0 Å². The van der Waals surface area contributed by atoms with Crippen LogP contribution in [-0.2, 0) is 21.2 Å². The van der Waals surface area contributed by atoms with Crippen molar-refractivity contribution >= 4 is 33.2 Å². The lowest BCUT2D eigenvalue weighted by Crippen LogP contribution is -2.22. The Labute approximate surface area is 162 Å². The van der Waals surface area contributed by atoms with Gasteiger partial charge in [0.25, 0.3) is 0 Å². The van der Waals surface area contributed by atoms with Crippen LogP contribution in [-0.4, -0.2) is 45.9 Å². The Morgan fingerprint density at radius 3 is 2.48 bits per heavy atom. The highest BCUT2D eigenvalue weighted by Gasteiger charge is 2.19. The molecule has 0 aromatic heterocycles. The number of hydrogen-bond donors (Lipinski definition) is 1. The zero-order chi connectivity index (χ0) is 19.6. The van der Waals surface area contributed by atoms with Gasteiger partial charge >= 0.3 is 0 Å². The molecule has 1 N–H and O–H groups in total. The summed E-state index contributed by atoms with van der Waals surface area (Å²) < 4.78 is 36.2. The van der Waals surface area contributed by atoms with Crippen molar-refractivity contribution in [1.82, 2.24) is 4.31 Å². The lowest BCUT2D eigenvalue weighted by atomic mass is 10.1. The first kappa shape index (κ1) is 19.5. The van der Waals surface area contributed by atoms with Gasteiger partial charge in [-0.05, 0) is 42.0 Å². The van der Waals surface area contributed by atoms with Gasteiger partial charge in [-0.2, -0.15) is 0 Å². The molecule has 1 amide bonds. The molecule has 1 aliphatic rings. The smallest absolute Gasteiger partial charge is 0.242 e. The topological polar surface area (TPSA) is 84.9 Å². The first-order valence-electron chi connectivity index (χ1n) is 8.18. The number of carbonyl (C=O) groups is 1. The summed E-state index contributed by atoms with van der Waals surface area (Å²) in [6.07, 6.45) is 0.0914. The fraction of sp³-hybridized carbons (Fsp3) is 0.278. The molecule has 0 aliphatic carbocycles. The Kier molecular flexibility index (Phi) is 5.59. The maximum absolute atomic E-state index is 12.3. The second kappa shape index (κ2) is 7.75. The van der Waals surface area contributed by atoms with E-state index in [4.69, 9.17) is 21.1 Å². The maximum Gasteiger partial charge on any atom is 0.242 e. The van der Waals surface area contributed by atoms with Crippen molar-refractivity contribution in [2.75, 3.05) is 32.6 Å². The van der Waals surface area contributed by atoms with E-state index in [9.17, 15) is 13.2 Å². The van der Waals surface area contributed by atoms with Crippen molar-refractivity contribution < 1.29 is 22.7 Å². The zero-order valence-corrected chi connectivity index (χ0v) is 16.4. The number of nitrogens with one attached hydrogen (secondary N) is 1. The summed E-state index contributed by atoms with van der Waals surface area (Å²) in [7, 11) is -0.580. The lowest BCUT2D eigenvalue weighted by Gasteiger charge is -2.20. The summed E-state index contributed by atoms with van der Waals surface area (Å²) in [5.74, 6) is 0.755. The van der Waals surface area contributed by atoms with E-state index >= 15 is 0 Å². The van der Waals surface area contributed by atoms with Crippen LogP contribution in [0.5, 0.6) is 11.5 Å². The van der Waals surface area contributed by atoms with Crippen LogP contribution >= 0.6 is 11.6 Å². The summed E-state index contributed by atoms with van der Waals surface area (Å²) in [5, 5.41) is 3.13. The van der Waals surface area contributed by atoms with Crippen LogP contribution in [0.1, 0.15) is 5.56 Å². The monoisotopic (exact) mass is 410 g/mol. The Morgan fingerprint density at radius 2 is 1.81 bits per heavy atom. The number of hydrogen-bond acceptors (Lipinski definition) is 5. The first-order chi connectivity index (χ1) is 12.8. The molecule has 2 aromatic carbocycles. The average Bonchev–Trinajstić information content (AvgIpc) is 2.62. The quantitative estimate of drug-likeness (QED) is 0.818. The number of sulfonamides is 1. The van der Waals surface area contributed by atoms with Crippen LogP contribution in [0, 0.1) is 0 Å². The molecule has 9 heteroatoms. The van der Waals surface area contributed by atoms with E-state index in [1.54, 1.807) is 24.3 Å². The molecule has 0 unspecified atom stereocenters. The third-order valence-corrected chi connectivity index (χ3v) is 6.05. The first-order valence-corrected chi connectivity index (χ1v) is 9.99. The van der Waals surface area contributed by atoms with Gasteiger partial charge < -0.3 is 14.8 Å². The molecule has 0 atom stereocenters. The predicted molar refractivity (Wildman–Crippen MR) is 102 cm³/mol. The van der Waals surface area contributed by atoms with E-state index in [-0.39, 0.29) is 17.2 Å². The van der Waals surface area contributed by atoms with Crippen LogP contribution in [0.2, 0.25) is 5.02 Å². The SMILES string of the molecule is CN(C)S(=O)(=O)c1ccc(NC(=O)Cc2cc(Cl)c3c(c2)OCCO3)cc1. The molecule has 2 aromatic rings. The van der Waals surface area contributed by atoms with Gasteiger partial charge in [0.05, 0.1) is 16.3 Å². The average molecular weight is 411 g/mol. The summed E-state index contributed by atoms with van der Waals surface area (Å²) >= 11 is 6.18. The number of anilines is 1. The molecule has 1 heterocycles. The van der Waals surface area contributed by atoms with Crippen LogP contribution < -0.4 is 14.8 Å². The zero-order valence-electron chi connectivity index (χ0n) is 14.9. The summed E-state index contributed by atoms with van der Waals surface area (Å²) in [6, 6.07) is 9.39. The number of benzene rings is 2. The number of ether oxygens (including phenoxy) is 2. The Morgan fingerprint density at radius 1 is 1.15 bits per heavy atom. The van der Waals surface area contributed by atoms with E-state index in [1.807, 2.05) is 0 Å². The molecular weight excluding hydrogens is 392 g/mol. The fourth-order valence-corrected chi connectivity index (χ4v) is 3.77. The number of amides is 1. The van der Waals surface area contributed by atoms with Gasteiger partial charge in [-0.1, -0.05) is 11.6 Å². The Hall–Kier alpha value is -2.29. The molecule has 7 nitrogen and oxygen atoms in total. The molecule has 1 aliphatic heterocycles. The van der Waals surface area contributed by atoms with Gasteiger partial charge in [-0.15, -0.1) is 0 Å². The molecule has 144 valence electrons. The van der Waals surface area contributed by atoms with Crippen molar-refractivity contribution in [3.05, 3.63) is 47.0 Å². The van der Waals surface area contributed by atoms with E-state index in [2.05, 4.69) is 5.32 Å². The summed E-state index contributed by atoms with van der Waals surface area (Å²) in [6.45, 7) is 0.868. The van der Waals surface area contributed by atoms with Crippen molar-refractivity contribution in [1.29, 1.82) is 0 Å². The van der Waals surface area contributed by atoms with E-state index in [1.165, 1.54) is 26.2 Å². The molecular formula is C18H19ClN2O5S. The van der Waals surface area contributed by atoms with Gasteiger partial charge in [-0.3, -0.25) is 4.79 Å². The van der Waals surface area contributed by atoms with Gasteiger partial charge in [0.15, 0.2) is 11.5 Å². The maximum atomic E-state index is 12.3. The third kappa shape index (κ3) is 4.35. The van der Waals surface area contributed by atoms with E-state index in [0.717, 1.165) is 4.31 Å². The second-order valence-electron chi connectivity index (χ2n) is 6.14. The van der Waals surface area contributed by atoms with Crippen molar-refractivity contribution in [3.63, 3.8) is 0 Å². The molecule has 0 spiro atoms. The standard InChI is InChI=1S/C18H19ClN2O5S/c1-21(2)27(23,24)14-5-3-13(4-6-14)20-17(22)11-12-9-15(19)18-16(10-12)25-7-8-26-18/h3-6,9-10H,7-8,11H2,1-2H3,(H,20,22). The van der Waals surface area contributed by atoms with E-state index < -0.39 is 10.0 Å². The highest BCUT2D eigenvalue weighted by molar-refractivity contribution is 7.89. The molecule has 0 bridgehead atoms. The highest BCUT2D eigenvalue weighted by Crippen LogP contribution is 2.38. The predicted octanol–water partition coefficient (Wildman–Crippen LogP) is 2.54. The minimum absolute atomic E-state index is 0.0914. The molecule has 27 heavy (non-hydrogen) atoms. The Bertz CT molecular complexity index is 958. The normalized spacial score (nSPS) is 13.5.